The first-order chi connectivity index (χ1) is 8.33. The number of cyclic esters (lactones) is 1. The molecule has 1 aliphatic rings. The summed E-state index contributed by atoms with van der Waals surface area (Å²) in [5.41, 5.74) is 4.20. The maximum Gasteiger partial charge on any atom is 0.338 e. The van der Waals surface area contributed by atoms with Gasteiger partial charge in [-0.25, -0.2) is 4.79 Å². The number of carbonyl (C=O) groups is 1. The van der Waals surface area contributed by atoms with Crippen LogP contribution in [0.1, 0.15) is 27.0 Å². The molecule has 3 rings (SSSR count). The monoisotopic (exact) mass is 224 g/mol. The minimum atomic E-state index is -0.203. The fourth-order valence-electron chi connectivity index (χ4n) is 2.13. The molecule has 17 heavy (non-hydrogen) atoms. The molecule has 0 aliphatic carbocycles. The van der Waals surface area contributed by atoms with Crippen LogP contribution in [0.4, 0.5) is 0 Å². The summed E-state index contributed by atoms with van der Waals surface area (Å²) >= 11 is 0. The maximum atomic E-state index is 11.3. The molecule has 2 heteroatoms. The second-order valence-electron chi connectivity index (χ2n) is 4.23. The van der Waals surface area contributed by atoms with Crippen LogP contribution >= 0.6 is 0 Å². The van der Waals surface area contributed by atoms with E-state index in [2.05, 4.69) is 18.2 Å². The minimum Gasteiger partial charge on any atom is -0.457 e. The van der Waals surface area contributed by atoms with Crippen LogP contribution in [0, 0.1) is 0 Å². The van der Waals surface area contributed by atoms with Gasteiger partial charge in [0, 0.05) is 5.56 Å². The highest BCUT2D eigenvalue weighted by molar-refractivity contribution is 5.93. The largest absolute Gasteiger partial charge is 0.457 e. The molecule has 0 spiro atoms. The van der Waals surface area contributed by atoms with Gasteiger partial charge in [-0.3, -0.25) is 0 Å². The molecule has 1 aliphatic heterocycles. The zero-order valence-electron chi connectivity index (χ0n) is 9.35. The first-order valence-corrected chi connectivity index (χ1v) is 5.66. The van der Waals surface area contributed by atoms with E-state index in [1.165, 1.54) is 11.1 Å². The number of benzene rings is 2. The van der Waals surface area contributed by atoms with Crippen molar-refractivity contribution < 1.29 is 9.53 Å². The van der Waals surface area contributed by atoms with Crippen molar-refractivity contribution in [1.29, 1.82) is 0 Å². The van der Waals surface area contributed by atoms with Gasteiger partial charge in [-0.05, 0) is 23.6 Å². The van der Waals surface area contributed by atoms with E-state index < -0.39 is 0 Å². The molecule has 0 bridgehead atoms. The fraction of sp³-hybridized carbons (Fsp3) is 0.133. The lowest BCUT2D eigenvalue weighted by atomic mass is 10.0. The van der Waals surface area contributed by atoms with Crippen molar-refractivity contribution in [2.24, 2.45) is 0 Å². The van der Waals surface area contributed by atoms with E-state index in [4.69, 9.17) is 4.74 Å². The molecule has 2 aromatic carbocycles. The lowest BCUT2D eigenvalue weighted by Crippen LogP contribution is -1.94. The molecule has 2 aromatic rings. The van der Waals surface area contributed by atoms with Gasteiger partial charge in [0.25, 0.3) is 0 Å². The molecule has 84 valence electrons. The third-order valence-corrected chi connectivity index (χ3v) is 3.00. The second-order valence-corrected chi connectivity index (χ2v) is 4.23. The second kappa shape index (κ2) is 4.06. The van der Waals surface area contributed by atoms with Crippen LogP contribution in [0.3, 0.4) is 0 Å². The van der Waals surface area contributed by atoms with Gasteiger partial charge < -0.3 is 4.74 Å². The topological polar surface area (TPSA) is 26.3 Å². The zero-order chi connectivity index (χ0) is 11.7. The molecule has 0 fully saturated rings. The van der Waals surface area contributed by atoms with E-state index in [1.807, 2.05) is 30.3 Å². The van der Waals surface area contributed by atoms with Crippen molar-refractivity contribution >= 4 is 5.97 Å². The van der Waals surface area contributed by atoms with Gasteiger partial charge in [-0.15, -0.1) is 0 Å². The van der Waals surface area contributed by atoms with Crippen molar-refractivity contribution in [2.75, 3.05) is 0 Å². The van der Waals surface area contributed by atoms with Gasteiger partial charge in [0.05, 0.1) is 5.56 Å². The van der Waals surface area contributed by atoms with Gasteiger partial charge in [0.1, 0.15) is 6.61 Å². The molecule has 1 heterocycles. The number of rotatable bonds is 2. The average molecular weight is 224 g/mol. The highest BCUT2D eigenvalue weighted by atomic mass is 16.5. The first-order valence-electron chi connectivity index (χ1n) is 5.66. The van der Waals surface area contributed by atoms with Crippen LogP contribution in [0.25, 0.3) is 0 Å². The average Bonchev–Trinajstić information content (AvgIpc) is 2.72. The molecule has 0 radical (unpaired) electrons. The SMILES string of the molecule is O=C1OCc2cc(Cc3ccccc3)ccc21. The number of carbonyl (C=O) groups excluding carboxylic acids is 1. The van der Waals surface area contributed by atoms with Crippen LogP contribution in [0.2, 0.25) is 0 Å². The Morgan fingerprint density at radius 3 is 2.65 bits per heavy atom. The summed E-state index contributed by atoms with van der Waals surface area (Å²) in [4.78, 5) is 11.3. The normalized spacial score (nSPS) is 13.3. The molecular weight excluding hydrogens is 212 g/mol. The molecule has 0 saturated heterocycles. The minimum absolute atomic E-state index is 0.203. The van der Waals surface area contributed by atoms with E-state index in [9.17, 15) is 4.79 Å². The van der Waals surface area contributed by atoms with Crippen molar-refractivity contribution in [2.45, 2.75) is 13.0 Å². The standard InChI is InChI=1S/C15H12O2/c16-15-14-7-6-12(9-13(14)10-17-15)8-11-4-2-1-3-5-11/h1-7,9H,8,10H2. The van der Waals surface area contributed by atoms with E-state index in [0.29, 0.717) is 12.2 Å². The Morgan fingerprint density at radius 1 is 1.00 bits per heavy atom. The summed E-state index contributed by atoms with van der Waals surface area (Å²) in [6.45, 7) is 0.413. The van der Waals surface area contributed by atoms with Crippen LogP contribution < -0.4 is 0 Å². The van der Waals surface area contributed by atoms with E-state index in [1.54, 1.807) is 0 Å². The van der Waals surface area contributed by atoms with E-state index in [-0.39, 0.29) is 5.97 Å². The number of ether oxygens (including phenoxy) is 1. The molecular formula is C15H12O2. The van der Waals surface area contributed by atoms with Gasteiger partial charge in [0.2, 0.25) is 0 Å². The van der Waals surface area contributed by atoms with Crippen LogP contribution in [-0.4, -0.2) is 5.97 Å². The molecule has 0 atom stereocenters. The molecule has 0 saturated carbocycles. The first kappa shape index (κ1) is 10.1. The number of fused-ring (bicyclic) bond motifs is 1. The molecule has 0 N–H and O–H groups in total. The quantitative estimate of drug-likeness (QED) is 0.733. The van der Waals surface area contributed by atoms with Crippen LogP contribution in [0.15, 0.2) is 48.5 Å². The predicted molar refractivity (Wildman–Crippen MR) is 64.8 cm³/mol. The molecule has 2 nitrogen and oxygen atoms in total. The maximum absolute atomic E-state index is 11.3. The van der Waals surface area contributed by atoms with Crippen molar-refractivity contribution in [1.82, 2.24) is 0 Å². The van der Waals surface area contributed by atoms with Gasteiger partial charge in [-0.2, -0.15) is 0 Å². The van der Waals surface area contributed by atoms with Crippen LogP contribution in [-0.2, 0) is 17.8 Å². The Kier molecular flexibility index (Phi) is 2.41. The summed E-state index contributed by atoms with van der Waals surface area (Å²) in [6, 6.07) is 16.2. The van der Waals surface area contributed by atoms with Crippen molar-refractivity contribution in [3.05, 3.63) is 70.8 Å². The highest BCUT2D eigenvalue weighted by Gasteiger charge is 2.20. The van der Waals surface area contributed by atoms with E-state index >= 15 is 0 Å². The van der Waals surface area contributed by atoms with Crippen molar-refractivity contribution in [3.8, 4) is 0 Å². The van der Waals surface area contributed by atoms with Gasteiger partial charge >= 0.3 is 5.97 Å². The summed E-state index contributed by atoms with van der Waals surface area (Å²) in [5, 5.41) is 0. The third-order valence-electron chi connectivity index (χ3n) is 3.00. The number of esters is 1. The lowest BCUT2D eigenvalue weighted by Gasteiger charge is -2.03. The van der Waals surface area contributed by atoms with E-state index in [0.717, 1.165) is 12.0 Å². The molecule has 0 amide bonds. The van der Waals surface area contributed by atoms with Gasteiger partial charge in [0.15, 0.2) is 0 Å². The zero-order valence-corrected chi connectivity index (χ0v) is 9.35. The summed E-state index contributed by atoms with van der Waals surface area (Å²) in [7, 11) is 0. The Bertz CT molecular complexity index is 558. The van der Waals surface area contributed by atoms with Gasteiger partial charge in [-0.1, -0.05) is 42.5 Å². The predicted octanol–water partition coefficient (Wildman–Crippen LogP) is 2.95. The Morgan fingerprint density at radius 2 is 1.82 bits per heavy atom. The highest BCUT2D eigenvalue weighted by Crippen LogP contribution is 2.22. The third kappa shape index (κ3) is 1.94. The Labute approximate surface area is 99.9 Å². The van der Waals surface area contributed by atoms with Crippen LogP contribution in [0.5, 0.6) is 0 Å². The smallest absolute Gasteiger partial charge is 0.338 e. The summed E-state index contributed by atoms with van der Waals surface area (Å²) < 4.78 is 4.99. The Hall–Kier alpha value is -2.09. The summed E-state index contributed by atoms with van der Waals surface area (Å²) in [5.74, 6) is -0.203. The van der Waals surface area contributed by atoms with Crippen molar-refractivity contribution in [3.63, 3.8) is 0 Å². The fourth-order valence-corrected chi connectivity index (χ4v) is 2.13. The number of hydrogen-bond donors (Lipinski definition) is 0. The summed E-state index contributed by atoms with van der Waals surface area (Å²) in [6.07, 6.45) is 0.891. The number of hydrogen-bond acceptors (Lipinski definition) is 2. The molecule has 0 unspecified atom stereocenters. The lowest BCUT2D eigenvalue weighted by molar-refractivity contribution is 0.0535. The molecule has 0 aromatic heterocycles. The Balaban J connectivity index is 1.88.